The number of benzene rings is 2. The summed E-state index contributed by atoms with van der Waals surface area (Å²) in [6, 6.07) is 6.17. The number of carbonyl (C=O) groups excluding carboxylic acids is 2. The lowest BCUT2D eigenvalue weighted by atomic mass is 9.85. The minimum absolute atomic E-state index is 0. The van der Waals surface area contributed by atoms with Crippen LogP contribution in [0.5, 0.6) is 11.5 Å². The first-order valence-corrected chi connectivity index (χ1v) is 11.6. The van der Waals surface area contributed by atoms with Gasteiger partial charge in [-0.05, 0) is 36.6 Å². The van der Waals surface area contributed by atoms with Crippen LogP contribution in [0.15, 0.2) is 24.3 Å². The van der Waals surface area contributed by atoms with Crippen molar-refractivity contribution in [2.75, 3.05) is 32.2 Å². The van der Waals surface area contributed by atoms with E-state index >= 15 is 4.39 Å². The molecule has 1 heterocycles. The van der Waals surface area contributed by atoms with Crippen LogP contribution in [0.25, 0.3) is 0 Å². The van der Waals surface area contributed by atoms with Crippen LogP contribution in [0.2, 0.25) is 0 Å². The van der Waals surface area contributed by atoms with Gasteiger partial charge in [0.15, 0.2) is 24.0 Å². The van der Waals surface area contributed by atoms with Gasteiger partial charge < -0.3 is 24.2 Å². The topological polar surface area (TPSA) is 138 Å². The third-order valence-electron chi connectivity index (χ3n) is 5.75. The van der Waals surface area contributed by atoms with E-state index in [2.05, 4.69) is 10.1 Å². The van der Waals surface area contributed by atoms with Gasteiger partial charge in [-0.1, -0.05) is 20.8 Å². The minimum atomic E-state index is -1.11. The number of nitrogens with zero attached hydrogens (tertiary/aromatic N) is 1. The monoisotopic (exact) mass is 551 g/mol. The highest BCUT2D eigenvalue weighted by molar-refractivity contribution is 6.06. The molecule has 1 aliphatic rings. The van der Waals surface area contributed by atoms with Crippen molar-refractivity contribution < 1.29 is 38.1 Å². The maximum Gasteiger partial charge on any atom is 0.411 e. The number of nitrogens with one attached hydrogen (secondary N) is 2. The highest BCUT2D eigenvalue weighted by Gasteiger charge is 2.33. The number of hydrogen-bond acceptors (Lipinski definition) is 7. The molecular weight excluding hydrogens is 521 g/mol. The van der Waals surface area contributed by atoms with Gasteiger partial charge in [-0.15, -0.1) is 12.4 Å². The lowest BCUT2D eigenvalue weighted by Gasteiger charge is -2.24. The molecule has 0 saturated carbocycles. The SMILES string of the molecule is CCOc1c(NC(=O)OC)cc2c(c1F)CN(CC(=O)c1ccc(OCC(=O)O)c(C(C)(C)C)c1)C2=N.Cl. The van der Waals surface area contributed by atoms with Gasteiger partial charge in [-0.3, -0.25) is 15.5 Å². The van der Waals surface area contributed by atoms with Crippen molar-refractivity contribution >= 4 is 41.8 Å². The molecule has 2 aromatic carbocycles. The fourth-order valence-corrected chi connectivity index (χ4v) is 3.97. The molecule has 10 nitrogen and oxygen atoms in total. The Morgan fingerprint density at radius 3 is 2.45 bits per heavy atom. The van der Waals surface area contributed by atoms with E-state index in [-0.39, 0.29) is 66.3 Å². The Kier molecular flexibility index (Phi) is 9.69. The maximum absolute atomic E-state index is 15.4. The number of Topliss-reactive ketones (excluding diaryl/α,β-unsaturated/α-hetero) is 1. The van der Waals surface area contributed by atoms with Crippen molar-refractivity contribution in [1.29, 1.82) is 5.41 Å². The molecule has 0 aliphatic carbocycles. The second kappa shape index (κ2) is 12.1. The second-order valence-corrected chi connectivity index (χ2v) is 9.41. The van der Waals surface area contributed by atoms with Crippen LogP contribution in [0.1, 0.15) is 54.7 Å². The number of ketones is 1. The fraction of sp³-hybridized carbons (Fsp3) is 0.385. The molecule has 1 aliphatic heterocycles. The van der Waals surface area contributed by atoms with Crippen molar-refractivity contribution in [3.05, 3.63) is 52.3 Å². The van der Waals surface area contributed by atoms with Gasteiger partial charge >= 0.3 is 12.1 Å². The molecule has 3 rings (SSSR count). The molecule has 0 spiro atoms. The molecule has 3 N–H and O–H groups in total. The lowest BCUT2D eigenvalue weighted by molar-refractivity contribution is -0.139. The summed E-state index contributed by atoms with van der Waals surface area (Å²) >= 11 is 0. The van der Waals surface area contributed by atoms with Crippen molar-refractivity contribution in [2.45, 2.75) is 39.7 Å². The summed E-state index contributed by atoms with van der Waals surface area (Å²) < 4.78 is 30.7. The molecule has 0 atom stereocenters. The molecule has 2 aromatic rings. The first-order valence-electron chi connectivity index (χ1n) is 11.6. The average molecular weight is 552 g/mol. The van der Waals surface area contributed by atoms with Crippen LogP contribution in [-0.2, 0) is 21.5 Å². The fourth-order valence-electron chi connectivity index (χ4n) is 3.97. The zero-order valence-electron chi connectivity index (χ0n) is 21.8. The Morgan fingerprint density at radius 2 is 1.87 bits per heavy atom. The molecule has 0 fully saturated rings. The Labute approximate surface area is 226 Å². The number of methoxy groups -OCH3 is 1. The van der Waals surface area contributed by atoms with Gasteiger partial charge in [0.2, 0.25) is 0 Å². The van der Waals surface area contributed by atoms with Crippen molar-refractivity contribution in [2.24, 2.45) is 0 Å². The van der Waals surface area contributed by atoms with Gasteiger partial charge in [-0.2, -0.15) is 0 Å². The molecule has 38 heavy (non-hydrogen) atoms. The number of amidine groups is 1. The summed E-state index contributed by atoms with van der Waals surface area (Å²) in [6.45, 7) is 6.81. The van der Waals surface area contributed by atoms with E-state index in [4.69, 9.17) is 20.0 Å². The first kappa shape index (κ1) is 30.4. The van der Waals surface area contributed by atoms with E-state index in [0.29, 0.717) is 16.9 Å². The van der Waals surface area contributed by atoms with E-state index in [9.17, 15) is 14.4 Å². The Hall–Kier alpha value is -3.86. The quantitative estimate of drug-likeness (QED) is 0.384. The third kappa shape index (κ3) is 6.52. The van der Waals surface area contributed by atoms with Crippen LogP contribution >= 0.6 is 12.4 Å². The number of carboxylic acid groups (broad SMARTS) is 1. The van der Waals surface area contributed by atoms with E-state index in [0.717, 1.165) is 0 Å². The Morgan fingerprint density at radius 1 is 1.18 bits per heavy atom. The minimum Gasteiger partial charge on any atom is -0.489 e. The molecule has 0 unspecified atom stereocenters. The first-order chi connectivity index (χ1) is 17.4. The largest absolute Gasteiger partial charge is 0.489 e. The number of hydrogen-bond donors (Lipinski definition) is 3. The summed E-state index contributed by atoms with van der Waals surface area (Å²) in [5.41, 5.74) is 1.00. The van der Waals surface area contributed by atoms with Crippen LogP contribution in [0.4, 0.5) is 14.9 Å². The predicted octanol–water partition coefficient (Wildman–Crippen LogP) is 4.61. The molecule has 0 bridgehead atoms. The van der Waals surface area contributed by atoms with Crippen LogP contribution in [-0.4, -0.2) is 60.6 Å². The number of halogens is 2. The number of carboxylic acids is 1. The highest BCUT2D eigenvalue weighted by atomic mass is 35.5. The molecular formula is C26H31ClFN3O7. The average Bonchev–Trinajstić information content (AvgIpc) is 3.14. The standard InChI is InChI=1S/C26H30FN3O7.ClH/c1-6-36-23-18(29-25(34)35-5)10-15-16(22(23)27)11-30(24(15)28)12-19(31)14-7-8-20(37-13-21(32)33)17(9-14)26(2,3)4;/h7-10,28H,6,11-13H2,1-5H3,(H,29,34)(H,32,33);1H. The summed E-state index contributed by atoms with van der Waals surface area (Å²) in [7, 11) is 1.17. The molecule has 0 saturated heterocycles. The smallest absolute Gasteiger partial charge is 0.411 e. The van der Waals surface area contributed by atoms with Crippen LogP contribution in [0, 0.1) is 11.2 Å². The molecule has 0 radical (unpaired) electrons. The highest BCUT2D eigenvalue weighted by Crippen LogP contribution is 2.38. The predicted molar refractivity (Wildman–Crippen MR) is 141 cm³/mol. The molecule has 206 valence electrons. The third-order valence-corrected chi connectivity index (χ3v) is 5.75. The zero-order chi connectivity index (χ0) is 27.5. The van der Waals surface area contributed by atoms with Crippen LogP contribution in [0.3, 0.4) is 0 Å². The maximum atomic E-state index is 15.4. The summed E-state index contributed by atoms with van der Waals surface area (Å²) in [4.78, 5) is 37.3. The number of ether oxygens (including phenoxy) is 3. The lowest BCUT2D eigenvalue weighted by Crippen LogP contribution is -2.30. The van der Waals surface area contributed by atoms with Crippen molar-refractivity contribution in [3.63, 3.8) is 0 Å². The summed E-state index contributed by atoms with van der Waals surface area (Å²) in [5.74, 6) is -2.03. The van der Waals surface area contributed by atoms with E-state index in [1.165, 1.54) is 24.1 Å². The normalized spacial score (nSPS) is 12.4. The summed E-state index contributed by atoms with van der Waals surface area (Å²) in [5, 5.41) is 19.9. The molecule has 12 heteroatoms. The number of aliphatic carboxylic acids is 1. The van der Waals surface area contributed by atoms with Gasteiger partial charge in [0.1, 0.15) is 11.6 Å². The second-order valence-electron chi connectivity index (χ2n) is 9.41. The van der Waals surface area contributed by atoms with Crippen LogP contribution < -0.4 is 14.8 Å². The van der Waals surface area contributed by atoms with Crippen molar-refractivity contribution in [1.82, 2.24) is 4.90 Å². The molecule has 0 aromatic heterocycles. The van der Waals surface area contributed by atoms with Crippen molar-refractivity contribution in [3.8, 4) is 11.5 Å². The van der Waals surface area contributed by atoms with Gasteiger partial charge in [-0.25, -0.2) is 14.0 Å². The van der Waals surface area contributed by atoms with Gasteiger partial charge in [0.25, 0.3) is 0 Å². The number of amides is 1. The number of anilines is 1. The molecule has 1 amide bonds. The van der Waals surface area contributed by atoms with Gasteiger partial charge in [0, 0.05) is 28.8 Å². The zero-order valence-corrected chi connectivity index (χ0v) is 22.6. The van der Waals surface area contributed by atoms with Gasteiger partial charge in [0.05, 0.1) is 25.9 Å². The number of fused-ring (bicyclic) bond motifs is 1. The van der Waals surface area contributed by atoms with E-state index < -0.39 is 29.9 Å². The number of rotatable bonds is 9. The Balaban J connectivity index is 0.00000507. The van der Waals surface area contributed by atoms with E-state index in [1.54, 1.807) is 19.1 Å². The number of carbonyl (C=O) groups is 3. The van der Waals surface area contributed by atoms with E-state index in [1.807, 2.05) is 20.8 Å². The summed E-state index contributed by atoms with van der Waals surface area (Å²) in [6.07, 6.45) is -0.817. The Bertz CT molecular complexity index is 1260.